The zero-order chi connectivity index (χ0) is 21.8. The molecule has 0 atom stereocenters. The molecule has 7 nitrogen and oxygen atoms in total. The first-order valence-electron chi connectivity index (χ1n) is 11.6. The first-order chi connectivity index (χ1) is 16.3. The van der Waals surface area contributed by atoms with Gasteiger partial charge in [0, 0.05) is 59.9 Å². The van der Waals surface area contributed by atoms with Gasteiger partial charge in [-0.3, -0.25) is 14.1 Å². The SMILES string of the molecule is c1cnc2ccc(C3(c4cnc5ncc(-c6cnn(C7CCOCC7)c6)cn45)CC3)cc2c1. The van der Waals surface area contributed by atoms with Crippen molar-refractivity contribution in [2.75, 3.05) is 13.2 Å². The number of rotatable bonds is 4. The van der Waals surface area contributed by atoms with Crippen LogP contribution in [-0.4, -0.2) is 42.3 Å². The quantitative estimate of drug-likeness (QED) is 0.413. The molecule has 0 N–H and O–H groups in total. The normalized spacial score (nSPS) is 18.2. The summed E-state index contributed by atoms with van der Waals surface area (Å²) in [7, 11) is 0. The van der Waals surface area contributed by atoms with Gasteiger partial charge in [0.2, 0.25) is 5.78 Å². The maximum atomic E-state index is 5.50. The van der Waals surface area contributed by atoms with Crippen LogP contribution < -0.4 is 0 Å². The molecule has 0 radical (unpaired) electrons. The average molecular weight is 437 g/mol. The predicted octanol–water partition coefficient (Wildman–Crippen LogP) is 4.57. The molecule has 0 spiro atoms. The van der Waals surface area contributed by atoms with Crippen LogP contribution in [0.3, 0.4) is 0 Å². The lowest BCUT2D eigenvalue weighted by atomic mass is 9.91. The van der Waals surface area contributed by atoms with E-state index in [0.29, 0.717) is 6.04 Å². The number of pyridine rings is 1. The second kappa shape index (κ2) is 7.22. The first-order valence-corrected chi connectivity index (χ1v) is 11.6. The van der Waals surface area contributed by atoms with E-state index in [1.54, 1.807) is 0 Å². The van der Waals surface area contributed by atoms with E-state index in [0.717, 1.165) is 61.3 Å². The number of hydrogen-bond donors (Lipinski definition) is 0. The Kier molecular flexibility index (Phi) is 4.14. The van der Waals surface area contributed by atoms with Crippen molar-refractivity contribution in [3.63, 3.8) is 0 Å². The molecule has 33 heavy (non-hydrogen) atoms. The number of hydrogen-bond acceptors (Lipinski definition) is 5. The van der Waals surface area contributed by atoms with Gasteiger partial charge in [0.1, 0.15) is 0 Å². The number of imidazole rings is 1. The van der Waals surface area contributed by atoms with Gasteiger partial charge in [-0.05, 0) is 49.4 Å². The van der Waals surface area contributed by atoms with Crippen molar-refractivity contribution in [3.05, 3.63) is 78.8 Å². The van der Waals surface area contributed by atoms with Crippen molar-refractivity contribution in [1.29, 1.82) is 0 Å². The zero-order valence-corrected chi connectivity index (χ0v) is 18.3. The molecule has 7 rings (SSSR count). The standard InChI is InChI=1S/C26H24N6O/c1-2-18-12-21(3-4-23(18)27-9-1)26(7-8-26)24-15-29-25-28-13-19(16-31(24)25)20-14-30-32(17-20)22-5-10-33-11-6-22/h1-4,9,12-17,22H,5-8,10-11H2. The highest BCUT2D eigenvalue weighted by molar-refractivity contribution is 5.79. The Hall–Kier alpha value is -3.58. The van der Waals surface area contributed by atoms with Crippen LogP contribution in [0.4, 0.5) is 0 Å². The van der Waals surface area contributed by atoms with Crippen molar-refractivity contribution in [1.82, 2.24) is 29.1 Å². The minimum absolute atomic E-state index is 0.0178. The molecule has 1 aliphatic carbocycles. The summed E-state index contributed by atoms with van der Waals surface area (Å²) in [6, 6.07) is 11.2. The van der Waals surface area contributed by atoms with Gasteiger partial charge in [-0.2, -0.15) is 5.10 Å². The van der Waals surface area contributed by atoms with Crippen LogP contribution in [0.25, 0.3) is 27.8 Å². The maximum absolute atomic E-state index is 5.50. The zero-order valence-electron chi connectivity index (χ0n) is 18.3. The number of benzene rings is 1. The summed E-state index contributed by atoms with van der Waals surface area (Å²) in [6.07, 6.45) is 16.2. The third-order valence-electron chi connectivity index (χ3n) is 7.26. The molecule has 2 fully saturated rings. The topological polar surface area (TPSA) is 70.1 Å². The van der Waals surface area contributed by atoms with E-state index in [4.69, 9.17) is 4.74 Å². The van der Waals surface area contributed by atoms with Crippen molar-refractivity contribution in [3.8, 4) is 11.1 Å². The molecule has 1 aliphatic heterocycles. The van der Waals surface area contributed by atoms with Gasteiger partial charge in [-0.25, -0.2) is 9.97 Å². The summed E-state index contributed by atoms with van der Waals surface area (Å²) in [4.78, 5) is 13.8. The summed E-state index contributed by atoms with van der Waals surface area (Å²) in [6.45, 7) is 1.61. The fourth-order valence-corrected chi connectivity index (χ4v) is 5.20. The van der Waals surface area contributed by atoms with Crippen molar-refractivity contribution < 1.29 is 4.74 Å². The average Bonchev–Trinajstić information content (AvgIpc) is 3.33. The Balaban J connectivity index is 1.28. The smallest absolute Gasteiger partial charge is 0.233 e. The minimum atomic E-state index is -0.0178. The minimum Gasteiger partial charge on any atom is -0.381 e. The van der Waals surface area contributed by atoms with E-state index in [9.17, 15) is 0 Å². The summed E-state index contributed by atoms with van der Waals surface area (Å²) in [5, 5.41) is 5.82. The molecule has 1 saturated carbocycles. The molecule has 5 heterocycles. The van der Waals surface area contributed by atoms with E-state index < -0.39 is 0 Å². The van der Waals surface area contributed by atoms with E-state index in [2.05, 4.69) is 65.8 Å². The van der Waals surface area contributed by atoms with Crippen LogP contribution >= 0.6 is 0 Å². The molecule has 1 aromatic carbocycles. The summed E-state index contributed by atoms with van der Waals surface area (Å²) < 4.78 is 9.75. The van der Waals surface area contributed by atoms with Crippen LogP contribution in [0, 0.1) is 0 Å². The highest BCUT2D eigenvalue weighted by atomic mass is 16.5. The lowest BCUT2D eigenvalue weighted by molar-refractivity contribution is 0.0662. The predicted molar refractivity (Wildman–Crippen MR) is 125 cm³/mol. The molecule has 1 saturated heterocycles. The molecular formula is C26H24N6O. The van der Waals surface area contributed by atoms with E-state index in [-0.39, 0.29) is 5.41 Å². The van der Waals surface area contributed by atoms with Gasteiger partial charge in [-0.15, -0.1) is 0 Å². The van der Waals surface area contributed by atoms with E-state index in [1.165, 1.54) is 16.6 Å². The van der Waals surface area contributed by atoms with Gasteiger partial charge in [0.05, 0.1) is 29.6 Å². The van der Waals surface area contributed by atoms with Gasteiger partial charge >= 0.3 is 0 Å². The van der Waals surface area contributed by atoms with Gasteiger partial charge in [0.15, 0.2) is 0 Å². The van der Waals surface area contributed by atoms with Crippen LogP contribution in [-0.2, 0) is 10.2 Å². The fourth-order valence-electron chi connectivity index (χ4n) is 5.20. The van der Waals surface area contributed by atoms with E-state index in [1.807, 2.05) is 30.9 Å². The highest BCUT2D eigenvalue weighted by Gasteiger charge is 2.48. The van der Waals surface area contributed by atoms with Gasteiger partial charge in [-0.1, -0.05) is 12.1 Å². The molecule has 7 heteroatoms. The number of nitrogens with zero attached hydrogens (tertiary/aromatic N) is 6. The summed E-state index contributed by atoms with van der Waals surface area (Å²) >= 11 is 0. The second-order valence-corrected chi connectivity index (χ2v) is 9.20. The number of ether oxygens (including phenoxy) is 1. The Morgan fingerprint density at radius 1 is 0.909 bits per heavy atom. The second-order valence-electron chi connectivity index (χ2n) is 9.20. The summed E-state index contributed by atoms with van der Waals surface area (Å²) in [5.74, 6) is 0.735. The van der Waals surface area contributed by atoms with Gasteiger partial charge in [0.25, 0.3) is 0 Å². The van der Waals surface area contributed by atoms with E-state index >= 15 is 0 Å². The van der Waals surface area contributed by atoms with Gasteiger partial charge < -0.3 is 4.74 Å². The molecular weight excluding hydrogens is 412 g/mol. The molecule has 0 bridgehead atoms. The van der Waals surface area contributed by atoms with Crippen LogP contribution in [0.2, 0.25) is 0 Å². The Morgan fingerprint density at radius 3 is 2.64 bits per heavy atom. The molecule has 164 valence electrons. The Labute approximate surface area is 191 Å². The first kappa shape index (κ1) is 18.9. The Morgan fingerprint density at radius 2 is 1.76 bits per heavy atom. The third kappa shape index (κ3) is 3.07. The Bertz CT molecular complexity index is 1470. The summed E-state index contributed by atoms with van der Waals surface area (Å²) in [5.41, 5.74) is 5.67. The molecule has 4 aromatic heterocycles. The lowest BCUT2D eigenvalue weighted by Crippen LogP contribution is -2.19. The molecule has 2 aliphatic rings. The monoisotopic (exact) mass is 436 g/mol. The van der Waals surface area contributed by atoms with Crippen molar-refractivity contribution in [2.45, 2.75) is 37.1 Å². The maximum Gasteiger partial charge on any atom is 0.233 e. The fraction of sp³-hybridized carbons (Fsp3) is 0.308. The van der Waals surface area contributed by atoms with Crippen molar-refractivity contribution in [2.24, 2.45) is 0 Å². The number of aromatic nitrogens is 6. The molecule has 0 amide bonds. The molecule has 5 aromatic rings. The highest BCUT2D eigenvalue weighted by Crippen LogP contribution is 2.53. The third-order valence-corrected chi connectivity index (χ3v) is 7.26. The largest absolute Gasteiger partial charge is 0.381 e. The lowest BCUT2D eigenvalue weighted by Gasteiger charge is -2.22. The molecule has 0 unspecified atom stereocenters. The van der Waals surface area contributed by atoms with Crippen LogP contribution in [0.5, 0.6) is 0 Å². The van der Waals surface area contributed by atoms with Crippen LogP contribution in [0.15, 0.2) is 67.5 Å². The van der Waals surface area contributed by atoms with Crippen LogP contribution in [0.1, 0.15) is 43.0 Å². The number of fused-ring (bicyclic) bond motifs is 2. The van der Waals surface area contributed by atoms with Crippen molar-refractivity contribution >= 4 is 16.7 Å².